The summed E-state index contributed by atoms with van der Waals surface area (Å²) in [4.78, 5) is 3.75. The molecule has 0 aromatic carbocycles. The molecule has 1 aromatic heterocycles. The second-order valence-electron chi connectivity index (χ2n) is 2.23. The lowest BCUT2D eigenvalue weighted by molar-refractivity contribution is 0.571. The highest BCUT2D eigenvalue weighted by atomic mass is 35.5. The van der Waals surface area contributed by atoms with Crippen LogP contribution in [0.3, 0.4) is 0 Å². The van der Waals surface area contributed by atoms with Crippen molar-refractivity contribution in [3.63, 3.8) is 0 Å². The van der Waals surface area contributed by atoms with Crippen molar-refractivity contribution in [3.05, 3.63) is 10.6 Å². The van der Waals surface area contributed by atoms with Gasteiger partial charge in [-0.05, 0) is 29.6 Å². The summed E-state index contributed by atoms with van der Waals surface area (Å²) in [7, 11) is 0. The average molecular weight is 194 g/mol. The van der Waals surface area contributed by atoms with Crippen LogP contribution in [0.2, 0.25) is 10.6 Å². The third-order valence-electron chi connectivity index (χ3n) is 1.32. The molecule has 0 fully saturated rings. The van der Waals surface area contributed by atoms with E-state index < -0.39 is 0 Å². The van der Waals surface area contributed by atoms with Gasteiger partial charge in [0.15, 0.2) is 0 Å². The lowest BCUT2D eigenvalue weighted by atomic mass is 10.3. The van der Waals surface area contributed by atoms with Crippen molar-refractivity contribution in [1.82, 2.24) is 14.8 Å². The van der Waals surface area contributed by atoms with Gasteiger partial charge in [0.05, 0.1) is 0 Å². The SMILES string of the molecule is CCCCn1nc(Cl)nc1Cl. The molecule has 0 aliphatic carbocycles. The fourth-order valence-corrected chi connectivity index (χ4v) is 1.16. The molecule has 3 nitrogen and oxygen atoms in total. The summed E-state index contributed by atoms with van der Waals surface area (Å²) in [6.07, 6.45) is 2.15. The minimum atomic E-state index is 0.214. The largest absolute Gasteiger partial charge is 0.243 e. The summed E-state index contributed by atoms with van der Waals surface area (Å²) in [6, 6.07) is 0. The van der Waals surface area contributed by atoms with Crippen LogP contribution in [0.5, 0.6) is 0 Å². The Morgan fingerprint density at radius 1 is 1.45 bits per heavy atom. The Morgan fingerprint density at radius 3 is 2.64 bits per heavy atom. The molecule has 11 heavy (non-hydrogen) atoms. The zero-order chi connectivity index (χ0) is 8.27. The molecule has 0 aliphatic heterocycles. The van der Waals surface area contributed by atoms with Gasteiger partial charge in [0, 0.05) is 6.54 Å². The third kappa shape index (κ3) is 2.34. The van der Waals surface area contributed by atoms with Gasteiger partial charge in [-0.15, -0.1) is 5.10 Å². The van der Waals surface area contributed by atoms with Crippen molar-refractivity contribution in [1.29, 1.82) is 0 Å². The molecule has 0 spiro atoms. The molecule has 1 heterocycles. The van der Waals surface area contributed by atoms with Crippen LogP contribution < -0.4 is 0 Å². The molecule has 0 radical (unpaired) electrons. The molecule has 0 bridgehead atoms. The van der Waals surface area contributed by atoms with E-state index in [2.05, 4.69) is 17.0 Å². The Morgan fingerprint density at radius 2 is 2.18 bits per heavy atom. The van der Waals surface area contributed by atoms with Gasteiger partial charge in [-0.1, -0.05) is 13.3 Å². The normalized spacial score (nSPS) is 10.5. The Balaban J connectivity index is 2.62. The van der Waals surface area contributed by atoms with Crippen molar-refractivity contribution in [2.45, 2.75) is 26.3 Å². The molecule has 0 amide bonds. The number of hydrogen-bond donors (Lipinski definition) is 0. The summed E-state index contributed by atoms with van der Waals surface area (Å²) >= 11 is 11.2. The number of hydrogen-bond acceptors (Lipinski definition) is 2. The predicted molar refractivity (Wildman–Crippen MR) is 45.0 cm³/mol. The van der Waals surface area contributed by atoms with Crippen LogP contribution in [0.4, 0.5) is 0 Å². The van der Waals surface area contributed by atoms with E-state index in [9.17, 15) is 0 Å². The monoisotopic (exact) mass is 193 g/mol. The molecule has 5 heteroatoms. The number of aromatic nitrogens is 3. The first kappa shape index (κ1) is 8.81. The fraction of sp³-hybridized carbons (Fsp3) is 0.667. The molecule has 0 saturated carbocycles. The van der Waals surface area contributed by atoms with E-state index in [-0.39, 0.29) is 5.28 Å². The second kappa shape index (κ2) is 3.93. The van der Waals surface area contributed by atoms with Crippen molar-refractivity contribution < 1.29 is 0 Å². The van der Waals surface area contributed by atoms with Gasteiger partial charge in [-0.2, -0.15) is 4.98 Å². The zero-order valence-electron chi connectivity index (χ0n) is 6.22. The standard InChI is InChI=1S/C6H9Cl2N3/c1-2-3-4-11-6(8)9-5(7)10-11/h2-4H2,1H3. The number of unbranched alkanes of at least 4 members (excludes halogenated alkanes) is 1. The van der Waals surface area contributed by atoms with E-state index >= 15 is 0 Å². The highest BCUT2D eigenvalue weighted by Crippen LogP contribution is 2.09. The van der Waals surface area contributed by atoms with Gasteiger partial charge in [0.1, 0.15) is 0 Å². The third-order valence-corrected chi connectivity index (χ3v) is 1.76. The number of nitrogens with zero attached hydrogens (tertiary/aromatic N) is 3. The molecule has 1 rings (SSSR count). The Kier molecular flexibility index (Phi) is 3.15. The van der Waals surface area contributed by atoms with Crippen LogP contribution in [-0.4, -0.2) is 14.8 Å². The first-order valence-corrected chi connectivity index (χ1v) is 4.25. The quantitative estimate of drug-likeness (QED) is 0.739. The van der Waals surface area contributed by atoms with Crippen LogP contribution in [0, 0.1) is 0 Å². The highest BCUT2D eigenvalue weighted by Gasteiger charge is 2.03. The van der Waals surface area contributed by atoms with Crippen LogP contribution in [0.25, 0.3) is 0 Å². The van der Waals surface area contributed by atoms with Crippen molar-refractivity contribution in [2.75, 3.05) is 0 Å². The van der Waals surface area contributed by atoms with E-state index in [0.29, 0.717) is 5.28 Å². The summed E-state index contributed by atoms with van der Waals surface area (Å²) in [5.41, 5.74) is 0. The van der Waals surface area contributed by atoms with Gasteiger partial charge in [0.25, 0.3) is 0 Å². The van der Waals surface area contributed by atoms with E-state index in [1.165, 1.54) is 0 Å². The lowest BCUT2D eigenvalue weighted by Crippen LogP contribution is -1.99. The van der Waals surface area contributed by atoms with Crippen molar-refractivity contribution >= 4 is 23.2 Å². The minimum Gasteiger partial charge on any atom is -0.235 e. The molecule has 0 atom stereocenters. The minimum absolute atomic E-state index is 0.214. The van der Waals surface area contributed by atoms with Gasteiger partial charge in [-0.3, -0.25) is 0 Å². The van der Waals surface area contributed by atoms with E-state index in [0.717, 1.165) is 19.4 Å². The summed E-state index contributed by atoms with van der Waals surface area (Å²) in [6.45, 7) is 2.89. The van der Waals surface area contributed by atoms with E-state index in [4.69, 9.17) is 23.2 Å². The predicted octanol–water partition coefficient (Wildman–Crippen LogP) is 2.39. The summed E-state index contributed by atoms with van der Waals surface area (Å²) < 4.78 is 1.60. The van der Waals surface area contributed by atoms with Crippen LogP contribution >= 0.6 is 23.2 Å². The molecule has 0 unspecified atom stereocenters. The number of rotatable bonds is 3. The Bertz CT molecular complexity index is 234. The maximum atomic E-state index is 5.69. The fourth-order valence-electron chi connectivity index (χ4n) is 0.747. The smallest absolute Gasteiger partial charge is 0.235 e. The maximum absolute atomic E-state index is 5.69. The van der Waals surface area contributed by atoms with Crippen LogP contribution in [0.1, 0.15) is 19.8 Å². The molecule has 1 aromatic rings. The zero-order valence-corrected chi connectivity index (χ0v) is 7.73. The molecular formula is C6H9Cl2N3. The van der Waals surface area contributed by atoms with Gasteiger partial charge < -0.3 is 0 Å². The summed E-state index contributed by atoms with van der Waals surface area (Å²) in [5, 5.41) is 4.47. The van der Waals surface area contributed by atoms with Crippen molar-refractivity contribution in [3.8, 4) is 0 Å². The first-order valence-electron chi connectivity index (χ1n) is 3.50. The maximum Gasteiger partial charge on any atom is 0.243 e. The summed E-state index contributed by atoms with van der Waals surface area (Å²) in [5.74, 6) is 0. The Hall–Kier alpha value is -0.280. The molecule has 62 valence electrons. The number of aryl methyl sites for hydroxylation is 1. The van der Waals surface area contributed by atoms with E-state index in [1.807, 2.05) is 0 Å². The van der Waals surface area contributed by atoms with E-state index in [1.54, 1.807) is 4.68 Å². The lowest BCUT2D eigenvalue weighted by Gasteiger charge is -1.97. The number of halogens is 2. The molecule has 0 saturated heterocycles. The highest BCUT2D eigenvalue weighted by molar-refractivity contribution is 6.31. The topological polar surface area (TPSA) is 30.7 Å². The van der Waals surface area contributed by atoms with Gasteiger partial charge in [-0.25, -0.2) is 4.68 Å². The Labute approximate surface area is 75.3 Å². The first-order chi connectivity index (χ1) is 5.24. The molecular weight excluding hydrogens is 185 g/mol. The van der Waals surface area contributed by atoms with Crippen molar-refractivity contribution in [2.24, 2.45) is 0 Å². The van der Waals surface area contributed by atoms with Crippen LogP contribution in [-0.2, 0) is 6.54 Å². The van der Waals surface area contributed by atoms with Gasteiger partial charge >= 0.3 is 0 Å². The molecule has 0 N–H and O–H groups in total. The molecule has 0 aliphatic rings. The second-order valence-corrected chi connectivity index (χ2v) is 2.90. The van der Waals surface area contributed by atoms with Gasteiger partial charge in [0.2, 0.25) is 10.6 Å². The average Bonchev–Trinajstić information content (AvgIpc) is 2.26. The van der Waals surface area contributed by atoms with Crippen LogP contribution in [0.15, 0.2) is 0 Å².